The Kier molecular flexibility index (Phi) is 5.83. The molecule has 0 radical (unpaired) electrons. The summed E-state index contributed by atoms with van der Waals surface area (Å²) < 4.78 is 10.7. The minimum atomic E-state index is -0.168. The Balaban J connectivity index is 1.81. The predicted molar refractivity (Wildman–Crippen MR) is 74.1 cm³/mol. The Bertz CT molecular complexity index is 339. The number of amides is 1. The van der Waals surface area contributed by atoms with Crippen LogP contribution in [0.2, 0.25) is 0 Å². The first-order valence-corrected chi connectivity index (χ1v) is 7.76. The van der Waals surface area contributed by atoms with Crippen LogP contribution in [0.5, 0.6) is 0 Å². The van der Waals surface area contributed by atoms with Gasteiger partial charge in [-0.05, 0) is 39.0 Å². The number of hydrogen-bond donors (Lipinski definition) is 0. The summed E-state index contributed by atoms with van der Waals surface area (Å²) >= 11 is 0. The van der Waals surface area contributed by atoms with Gasteiger partial charge in [-0.3, -0.25) is 9.59 Å². The SMILES string of the molecule is CCOC(=O)C1CCCN(C(=O)CC2CCCCO2)C1. The quantitative estimate of drug-likeness (QED) is 0.738. The van der Waals surface area contributed by atoms with Gasteiger partial charge in [0.25, 0.3) is 0 Å². The van der Waals surface area contributed by atoms with Gasteiger partial charge in [0.05, 0.1) is 25.0 Å². The number of nitrogens with zero attached hydrogens (tertiary/aromatic N) is 1. The minimum Gasteiger partial charge on any atom is -0.466 e. The summed E-state index contributed by atoms with van der Waals surface area (Å²) in [6.45, 7) is 4.23. The summed E-state index contributed by atoms with van der Waals surface area (Å²) in [5.74, 6) is -0.204. The Morgan fingerprint density at radius 3 is 2.80 bits per heavy atom. The monoisotopic (exact) mass is 283 g/mol. The summed E-state index contributed by atoms with van der Waals surface area (Å²) in [5.41, 5.74) is 0. The third-order valence-corrected chi connectivity index (χ3v) is 4.07. The van der Waals surface area contributed by atoms with Gasteiger partial charge < -0.3 is 14.4 Å². The van der Waals surface area contributed by atoms with E-state index in [0.717, 1.165) is 45.3 Å². The fraction of sp³-hybridized carbons (Fsp3) is 0.867. The lowest BCUT2D eigenvalue weighted by Gasteiger charge is -2.33. The van der Waals surface area contributed by atoms with E-state index in [0.29, 0.717) is 19.6 Å². The number of piperidine rings is 1. The van der Waals surface area contributed by atoms with Crippen molar-refractivity contribution in [3.8, 4) is 0 Å². The van der Waals surface area contributed by atoms with Crippen LogP contribution in [0.25, 0.3) is 0 Å². The second-order valence-electron chi connectivity index (χ2n) is 5.62. The van der Waals surface area contributed by atoms with Gasteiger partial charge in [-0.15, -0.1) is 0 Å². The van der Waals surface area contributed by atoms with E-state index in [4.69, 9.17) is 9.47 Å². The zero-order valence-corrected chi connectivity index (χ0v) is 12.3. The second kappa shape index (κ2) is 7.62. The van der Waals surface area contributed by atoms with Crippen LogP contribution in [-0.2, 0) is 19.1 Å². The summed E-state index contributed by atoms with van der Waals surface area (Å²) in [6.07, 6.45) is 5.43. The molecular weight excluding hydrogens is 258 g/mol. The molecule has 2 unspecified atom stereocenters. The highest BCUT2D eigenvalue weighted by Gasteiger charge is 2.30. The maximum Gasteiger partial charge on any atom is 0.310 e. The maximum absolute atomic E-state index is 12.3. The second-order valence-corrected chi connectivity index (χ2v) is 5.62. The molecule has 1 amide bonds. The van der Waals surface area contributed by atoms with Gasteiger partial charge in [0.15, 0.2) is 0 Å². The summed E-state index contributed by atoms with van der Waals surface area (Å²) in [5, 5.41) is 0. The standard InChI is InChI=1S/C15H25NO4/c1-2-19-15(18)12-6-5-8-16(11-12)14(17)10-13-7-3-4-9-20-13/h12-13H,2-11H2,1H3. The summed E-state index contributed by atoms with van der Waals surface area (Å²) in [4.78, 5) is 25.9. The first kappa shape index (κ1) is 15.3. The van der Waals surface area contributed by atoms with Crippen molar-refractivity contribution >= 4 is 11.9 Å². The van der Waals surface area contributed by atoms with E-state index in [1.807, 2.05) is 11.8 Å². The molecule has 2 saturated heterocycles. The third kappa shape index (κ3) is 4.20. The van der Waals surface area contributed by atoms with Crippen LogP contribution in [0.1, 0.15) is 45.4 Å². The maximum atomic E-state index is 12.3. The molecule has 2 heterocycles. The molecule has 5 heteroatoms. The van der Waals surface area contributed by atoms with Crippen molar-refractivity contribution in [1.82, 2.24) is 4.90 Å². The lowest BCUT2D eigenvalue weighted by Crippen LogP contribution is -2.44. The minimum absolute atomic E-state index is 0.0687. The molecule has 0 bridgehead atoms. The molecule has 0 aromatic heterocycles. The lowest BCUT2D eigenvalue weighted by molar-refractivity contribution is -0.151. The van der Waals surface area contributed by atoms with Crippen molar-refractivity contribution in [2.24, 2.45) is 5.92 Å². The summed E-state index contributed by atoms with van der Waals surface area (Å²) in [7, 11) is 0. The molecule has 0 aromatic carbocycles. The highest BCUT2D eigenvalue weighted by molar-refractivity contribution is 5.79. The van der Waals surface area contributed by atoms with Gasteiger partial charge in [-0.1, -0.05) is 0 Å². The number of carbonyl (C=O) groups is 2. The number of esters is 1. The van der Waals surface area contributed by atoms with Crippen LogP contribution in [0.4, 0.5) is 0 Å². The van der Waals surface area contributed by atoms with E-state index >= 15 is 0 Å². The molecule has 0 N–H and O–H groups in total. The smallest absolute Gasteiger partial charge is 0.310 e. The molecule has 20 heavy (non-hydrogen) atoms. The van der Waals surface area contributed by atoms with Gasteiger partial charge in [0.1, 0.15) is 0 Å². The van der Waals surface area contributed by atoms with E-state index in [1.165, 1.54) is 0 Å². The van der Waals surface area contributed by atoms with Gasteiger partial charge in [0, 0.05) is 19.7 Å². The normalized spacial score (nSPS) is 27.1. The lowest BCUT2D eigenvalue weighted by atomic mass is 9.97. The van der Waals surface area contributed by atoms with Crippen molar-refractivity contribution < 1.29 is 19.1 Å². The molecule has 0 spiro atoms. The van der Waals surface area contributed by atoms with Gasteiger partial charge in [-0.2, -0.15) is 0 Å². The first-order chi connectivity index (χ1) is 9.70. The highest BCUT2D eigenvalue weighted by Crippen LogP contribution is 2.21. The highest BCUT2D eigenvalue weighted by atomic mass is 16.5. The molecule has 0 aromatic rings. The van der Waals surface area contributed by atoms with Crippen LogP contribution in [0.3, 0.4) is 0 Å². The molecule has 5 nitrogen and oxygen atoms in total. The zero-order chi connectivity index (χ0) is 14.4. The van der Waals surface area contributed by atoms with Gasteiger partial charge in [0.2, 0.25) is 5.91 Å². The first-order valence-electron chi connectivity index (χ1n) is 7.76. The average Bonchev–Trinajstić information content (AvgIpc) is 2.48. The molecular formula is C15H25NO4. The van der Waals surface area contributed by atoms with Crippen molar-refractivity contribution in [2.75, 3.05) is 26.3 Å². The molecule has 2 aliphatic heterocycles. The molecule has 0 saturated carbocycles. The van der Waals surface area contributed by atoms with Crippen molar-refractivity contribution in [2.45, 2.75) is 51.6 Å². The third-order valence-electron chi connectivity index (χ3n) is 4.07. The Morgan fingerprint density at radius 1 is 1.25 bits per heavy atom. The zero-order valence-electron chi connectivity index (χ0n) is 12.3. The Labute approximate surface area is 120 Å². The molecule has 0 aliphatic carbocycles. The van der Waals surface area contributed by atoms with Gasteiger partial charge in [-0.25, -0.2) is 0 Å². The van der Waals surface area contributed by atoms with Crippen LogP contribution < -0.4 is 0 Å². The molecule has 2 aliphatic rings. The molecule has 2 fully saturated rings. The van der Waals surface area contributed by atoms with Crippen molar-refractivity contribution in [3.05, 3.63) is 0 Å². The van der Waals surface area contributed by atoms with Crippen molar-refractivity contribution in [3.63, 3.8) is 0 Å². The number of ether oxygens (including phenoxy) is 2. The predicted octanol–water partition coefficient (Wildman–Crippen LogP) is 1.75. The van der Waals surface area contributed by atoms with Crippen LogP contribution in [0, 0.1) is 5.92 Å². The molecule has 2 atom stereocenters. The Hall–Kier alpha value is -1.10. The van der Waals surface area contributed by atoms with Crippen LogP contribution in [-0.4, -0.2) is 49.2 Å². The number of rotatable bonds is 4. The van der Waals surface area contributed by atoms with Crippen molar-refractivity contribution in [1.29, 1.82) is 0 Å². The number of likely N-dealkylation sites (tertiary alicyclic amines) is 1. The fourth-order valence-corrected chi connectivity index (χ4v) is 2.95. The molecule has 114 valence electrons. The largest absolute Gasteiger partial charge is 0.466 e. The van der Waals surface area contributed by atoms with Gasteiger partial charge >= 0.3 is 5.97 Å². The average molecular weight is 283 g/mol. The van der Waals surface area contributed by atoms with E-state index in [9.17, 15) is 9.59 Å². The number of carbonyl (C=O) groups excluding carboxylic acids is 2. The molecule has 2 rings (SSSR count). The van der Waals surface area contributed by atoms with E-state index in [1.54, 1.807) is 0 Å². The van der Waals surface area contributed by atoms with E-state index in [-0.39, 0.29) is 23.9 Å². The Morgan fingerprint density at radius 2 is 2.10 bits per heavy atom. The topological polar surface area (TPSA) is 55.8 Å². The summed E-state index contributed by atoms with van der Waals surface area (Å²) in [6, 6.07) is 0. The number of hydrogen-bond acceptors (Lipinski definition) is 4. The van der Waals surface area contributed by atoms with E-state index < -0.39 is 0 Å². The van der Waals surface area contributed by atoms with E-state index in [2.05, 4.69) is 0 Å². The van der Waals surface area contributed by atoms with Crippen LogP contribution in [0.15, 0.2) is 0 Å². The van der Waals surface area contributed by atoms with Crippen LogP contribution >= 0.6 is 0 Å². The fourth-order valence-electron chi connectivity index (χ4n) is 2.95.